The predicted molar refractivity (Wildman–Crippen MR) is 68.4 cm³/mol. The van der Waals surface area contributed by atoms with Crippen molar-refractivity contribution in [2.75, 3.05) is 6.61 Å². The Hall–Kier alpha value is -2.08. The minimum atomic E-state index is -1.11. The van der Waals surface area contributed by atoms with E-state index >= 15 is 0 Å². The van der Waals surface area contributed by atoms with E-state index in [0.29, 0.717) is 10.6 Å². The third kappa shape index (κ3) is 4.26. The van der Waals surface area contributed by atoms with E-state index in [9.17, 15) is 20.0 Å². The molecule has 0 radical (unpaired) electrons. The predicted octanol–water partition coefficient (Wildman–Crippen LogP) is 2.49. The lowest BCUT2D eigenvalue weighted by Gasteiger charge is -2.03. The normalized spacial score (nSPS) is 11.7. The number of carbonyl (C=O) groups excluding carboxylic acids is 1. The molecule has 102 valence electrons. The van der Waals surface area contributed by atoms with Crippen molar-refractivity contribution in [3.63, 3.8) is 0 Å². The van der Waals surface area contributed by atoms with Gasteiger partial charge in [0.15, 0.2) is 0 Å². The van der Waals surface area contributed by atoms with Gasteiger partial charge in [0.1, 0.15) is 0 Å². The van der Waals surface area contributed by atoms with Crippen molar-refractivity contribution in [3.05, 3.63) is 56.4 Å². The molecular formula is C12H12ClNO5. The molecule has 1 rings (SSSR count). The summed E-state index contributed by atoms with van der Waals surface area (Å²) < 4.78 is 4.52. The fraction of sp³-hybridized carbons (Fsp3) is 0.250. The lowest BCUT2D eigenvalue weighted by molar-refractivity contribution is -0.429. The Balaban J connectivity index is 3.01. The number of hydrogen-bond donors (Lipinski definition) is 1. The SMILES string of the molecule is CCOC(=O)/C(O)=C(/Cc1ccc(Cl)cc1)[N+](=O)[O-]. The van der Waals surface area contributed by atoms with E-state index in [1.807, 2.05) is 0 Å². The summed E-state index contributed by atoms with van der Waals surface area (Å²) in [6.07, 6.45) is -0.200. The number of hydrogen-bond acceptors (Lipinski definition) is 5. The van der Waals surface area contributed by atoms with Gasteiger partial charge in [-0.1, -0.05) is 23.7 Å². The maximum absolute atomic E-state index is 11.3. The molecule has 0 saturated carbocycles. The van der Waals surface area contributed by atoms with Gasteiger partial charge >= 0.3 is 5.97 Å². The minimum absolute atomic E-state index is 0.0227. The summed E-state index contributed by atoms with van der Waals surface area (Å²) >= 11 is 5.70. The second-order valence-corrected chi connectivity index (χ2v) is 4.01. The van der Waals surface area contributed by atoms with Gasteiger partial charge in [-0.15, -0.1) is 0 Å². The summed E-state index contributed by atoms with van der Waals surface area (Å²) in [6.45, 7) is 1.56. The molecule has 0 bridgehead atoms. The highest BCUT2D eigenvalue weighted by Crippen LogP contribution is 2.15. The quantitative estimate of drug-likeness (QED) is 0.295. The molecule has 0 fully saturated rings. The third-order valence-corrected chi connectivity index (χ3v) is 2.50. The second kappa shape index (κ2) is 6.75. The first-order chi connectivity index (χ1) is 8.95. The van der Waals surface area contributed by atoms with Crippen LogP contribution in [0.5, 0.6) is 0 Å². The van der Waals surface area contributed by atoms with E-state index in [1.54, 1.807) is 24.3 Å². The minimum Gasteiger partial charge on any atom is -0.497 e. The molecule has 1 aromatic rings. The molecule has 0 unspecified atom stereocenters. The van der Waals surface area contributed by atoms with Gasteiger partial charge in [0.2, 0.25) is 0 Å². The van der Waals surface area contributed by atoms with Crippen LogP contribution in [-0.2, 0) is 16.0 Å². The number of allylic oxidation sites excluding steroid dienone is 1. The van der Waals surface area contributed by atoms with Crippen LogP contribution in [0.4, 0.5) is 0 Å². The van der Waals surface area contributed by atoms with Crippen LogP contribution in [0.25, 0.3) is 0 Å². The number of nitrogens with zero attached hydrogens (tertiary/aromatic N) is 1. The number of ether oxygens (including phenoxy) is 1. The molecular weight excluding hydrogens is 274 g/mol. The molecule has 0 saturated heterocycles. The Bertz CT molecular complexity index is 509. The summed E-state index contributed by atoms with van der Waals surface area (Å²) in [5.41, 5.74) is -0.0623. The zero-order valence-corrected chi connectivity index (χ0v) is 10.9. The molecule has 1 aromatic carbocycles. The molecule has 0 aliphatic heterocycles. The highest BCUT2D eigenvalue weighted by atomic mass is 35.5. The van der Waals surface area contributed by atoms with Crippen molar-refractivity contribution in [2.24, 2.45) is 0 Å². The van der Waals surface area contributed by atoms with Gasteiger partial charge in [0.25, 0.3) is 11.5 Å². The first kappa shape index (κ1) is 15.0. The molecule has 0 aliphatic rings. The zero-order chi connectivity index (χ0) is 14.4. The topological polar surface area (TPSA) is 89.7 Å². The van der Waals surface area contributed by atoms with E-state index in [4.69, 9.17) is 11.6 Å². The summed E-state index contributed by atoms with van der Waals surface area (Å²) in [5.74, 6) is -2.09. The molecule has 0 amide bonds. The van der Waals surface area contributed by atoms with Crippen LogP contribution in [-0.4, -0.2) is 22.6 Å². The van der Waals surface area contributed by atoms with Crippen LogP contribution < -0.4 is 0 Å². The number of carbonyl (C=O) groups is 1. The van der Waals surface area contributed by atoms with E-state index in [1.165, 1.54) is 6.92 Å². The van der Waals surface area contributed by atoms with Crippen molar-refractivity contribution in [3.8, 4) is 0 Å². The first-order valence-corrected chi connectivity index (χ1v) is 5.81. The lowest BCUT2D eigenvalue weighted by Crippen LogP contribution is -2.15. The summed E-state index contributed by atoms with van der Waals surface area (Å²) in [7, 11) is 0. The van der Waals surface area contributed by atoms with Crippen molar-refractivity contribution in [1.82, 2.24) is 0 Å². The zero-order valence-electron chi connectivity index (χ0n) is 10.1. The van der Waals surface area contributed by atoms with Crippen LogP contribution in [0, 0.1) is 10.1 Å². The summed E-state index contributed by atoms with van der Waals surface area (Å²) in [4.78, 5) is 21.3. The molecule has 1 N–H and O–H groups in total. The monoisotopic (exact) mass is 285 g/mol. The number of halogens is 1. The van der Waals surface area contributed by atoms with Gasteiger partial charge in [-0.05, 0) is 24.6 Å². The average Bonchev–Trinajstić information content (AvgIpc) is 2.37. The Morgan fingerprint density at radius 2 is 2.00 bits per heavy atom. The third-order valence-electron chi connectivity index (χ3n) is 2.25. The standard InChI is InChI=1S/C12H12ClNO5/c1-2-19-12(16)11(15)10(14(17)18)7-8-3-5-9(13)6-4-8/h3-6,15H,2,7H2,1H3/b11-10+. The van der Waals surface area contributed by atoms with Crippen molar-refractivity contribution in [1.29, 1.82) is 0 Å². The highest BCUT2D eigenvalue weighted by Gasteiger charge is 2.25. The van der Waals surface area contributed by atoms with Gasteiger partial charge in [0, 0.05) is 5.02 Å². The first-order valence-electron chi connectivity index (χ1n) is 5.43. The van der Waals surface area contributed by atoms with Gasteiger partial charge in [-0.2, -0.15) is 0 Å². The maximum atomic E-state index is 11.3. The molecule has 19 heavy (non-hydrogen) atoms. The summed E-state index contributed by atoms with van der Waals surface area (Å²) in [5, 5.41) is 20.9. The number of nitro groups is 1. The van der Waals surface area contributed by atoms with Crippen molar-refractivity contribution >= 4 is 17.6 Å². The fourth-order valence-electron chi connectivity index (χ4n) is 1.35. The largest absolute Gasteiger partial charge is 0.497 e. The Labute approximate surface area is 114 Å². The molecule has 0 spiro atoms. The van der Waals surface area contributed by atoms with Crippen molar-refractivity contribution < 1.29 is 19.6 Å². The average molecular weight is 286 g/mol. The highest BCUT2D eigenvalue weighted by molar-refractivity contribution is 6.30. The smallest absolute Gasteiger partial charge is 0.380 e. The maximum Gasteiger partial charge on any atom is 0.380 e. The molecule has 0 atom stereocenters. The van der Waals surface area contributed by atoms with Gasteiger partial charge < -0.3 is 9.84 Å². The summed E-state index contributed by atoms with van der Waals surface area (Å²) in [6, 6.07) is 6.28. The lowest BCUT2D eigenvalue weighted by atomic mass is 10.1. The van der Waals surface area contributed by atoms with E-state index < -0.39 is 22.3 Å². The molecule has 0 aliphatic carbocycles. The van der Waals surface area contributed by atoms with E-state index in [2.05, 4.69) is 4.74 Å². The van der Waals surface area contributed by atoms with Gasteiger partial charge in [-0.3, -0.25) is 10.1 Å². The Morgan fingerprint density at radius 3 is 2.47 bits per heavy atom. The Morgan fingerprint density at radius 1 is 1.42 bits per heavy atom. The van der Waals surface area contributed by atoms with Crippen LogP contribution in [0.15, 0.2) is 35.7 Å². The van der Waals surface area contributed by atoms with E-state index in [0.717, 1.165) is 0 Å². The number of esters is 1. The molecule has 6 nitrogen and oxygen atoms in total. The number of benzene rings is 1. The molecule has 0 heterocycles. The number of aliphatic hydroxyl groups excluding tert-OH is 1. The number of rotatable bonds is 5. The van der Waals surface area contributed by atoms with Crippen LogP contribution in [0.3, 0.4) is 0 Å². The van der Waals surface area contributed by atoms with Gasteiger partial charge in [-0.25, -0.2) is 4.79 Å². The number of aliphatic hydroxyl groups is 1. The Kier molecular flexibility index (Phi) is 5.32. The molecule has 0 aromatic heterocycles. The van der Waals surface area contributed by atoms with Crippen LogP contribution in [0.1, 0.15) is 12.5 Å². The van der Waals surface area contributed by atoms with Crippen molar-refractivity contribution in [2.45, 2.75) is 13.3 Å². The fourth-order valence-corrected chi connectivity index (χ4v) is 1.47. The van der Waals surface area contributed by atoms with Crippen LogP contribution >= 0.6 is 11.6 Å². The van der Waals surface area contributed by atoms with Crippen LogP contribution in [0.2, 0.25) is 5.02 Å². The second-order valence-electron chi connectivity index (χ2n) is 3.58. The molecule has 7 heteroatoms. The van der Waals surface area contributed by atoms with E-state index in [-0.39, 0.29) is 13.0 Å². The van der Waals surface area contributed by atoms with Gasteiger partial charge in [0.05, 0.1) is 18.0 Å².